The number of nitrogens with one attached hydrogen (secondary N) is 1. The molecule has 1 fully saturated rings. The maximum atomic E-state index is 12.5. The molecule has 0 aliphatic carbocycles. The third-order valence-corrected chi connectivity index (χ3v) is 5.38. The molecule has 1 aromatic rings. The van der Waals surface area contributed by atoms with E-state index in [1.54, 1.807) is 0 Å². The van der Waals surface area contributed by atoms with E-state index in [0.717, 1.165) is 16.4 Å². The van der Waals surface area contributed by atoms with Crippen molar-refractivity contribution in [3.8, 4) is 11.8 Å². The van der Waals surface area contributed by atoms with Gasteiger partial charge in [-0.05, 0) is 37.1 Å². The van der Waals surface area contributed by atoms with Crippen molar-refractivity contribution in [3.05, 3.63) is 35.4 Å². The summed E-state index contributed by atoms with van der Waals surface area (Å²) in [6.45, 7) is -0.111. The van der Waals surface area contributed by atoms with E-state index in [1.165, 1.54) is 12.1 Å². The van der Waals surface area contributed by atoms with Gasteiger partial charge in [0, 0.05) is 18.7 Å². The summed E-state index contributed by atoms with van der Waals surface area (Å²) in [5.41, 5.74) is -0.469. The molecule has 1 atom stereocenters. The van der Waals surface area contributed by atoms with Crippen LogP contribution in [0.1, 0.15) is 24.0 Å². The molecular formula is C16H17F3N2O4S. The van der Waals surface area contributed by atoms with E-state index < -0.39 is 33.8 Å². The van der Waals surface area contributed by atoms with Crippen molar-refractivity contribution in [2.24, 2.45) is 5.92 Å². The van der Waals surface area contributed by atoms with Crippen LogP contribution in [-0.2, 0) is 21.2 Å². The second kappa shape index (κ2) is 8.07. The number of hydrogen-bond acceptors (Lipinski definition) is 3. The zero-order valence-electron chi connectivity index (χ0n) is 13.6. The van der Waals surface area contributed by atoms with Crippen LogP contribution >= 0.6 is 0 Å². The van der Waals surface area contributed by atoms with Crippen molar-refractivity contribution in [2.45, 2.75) is 19.0 Å². The number of rotatable bonds is 4. The average Bonchev–Trinajstić information content (AvgIpc) is 2.58. The van der Waals surface area contributed by atoms with Crippen LogP contribution in [0.4, 0.5) is 13.2 Å². The molecule has 1 aliphatic rings. The lowest BCUT2D eigenvalue weighted by Gasteiger charge is -2.29. The molecule has 0 spiro atoms. The fourth-order valence-corrected chi connectivity index (χ4v) is 3.65. The largest absolute Gasteiger partial charge is 0.481 e. The molecule has 2 rings (SSSR count). The quantitative estimate of drug-likeness (QED) is 0.766. The number of aliphatic carboxylic acids is 1. The highest BCUT2D eigenvalue weighted by Gasteiger charge is 2.32. The third kappa shape index (κ3) is 5.45. The number of carboxylic acids is 1. The normalized spacial score (nSPS) is 18.8. The number of hydrogen-bond donors (Lipinski definition) is 2. The number of carboxylic acid groups (broad SMARTS) is 1. The second-order valence-corrected chi connectivity index (χ2v) is 7.49. The van der Waals surface area contributed by atoms with Crippen LogP contribution in [-0.4, -0.2) is 43.4 Å². The minimum Gasteiger partial charge on any atom is -0.481 e. The van der Waals surface area contributed by atoms with Gasteiger partial charge < -0.3 is 5.11 Å². The van der Waals surface area contributed by atoms with Crippen LogP contribution in [0, 0.1) is 17.8 Å². The van der Waals surface area contributed by atoms with Gasteiger partial charge in [-0.2, -0.15) is 30.6 Å². The molecule has 0 bridgehead atoms. The number of piperidine rings is 1. The van der Waals surface area contributed by atoms with Gasteiger partial charge in [-0.3, -0.25) is 4.79 Å². The number of halogens is 3. The lowest BCUT2D eigenvalue weighted by molar-refractivity contribution is -0.143. The standard InChI is InChI=1S/C16H17F3N2O4S/c17-16(18,19)14-7-5-12(6-8-14)3-1-9-20-26(24,25)21-10-2-4-13(11-21)15(22)23/h5-8,13,20H,2,4,9-11H2,(H,22,23). The zero-order valence-corrected chi connectivity index (χ0v) is 14.4. The molecule has 10 heteroatoms. The molecule has 0 amide bonds. The molecule has 0 radical (unpaired) electrons. The summed E-state index contributed by atoms with van der Waals surface area (Å²) >= 11 is 0. The van der Waals surface area contributed by atoms with E-state index in [-0.39, 0.29) is 19.6 Å². The Balaban J connectivity index is 1.93. The predicted octanol–water partition coefficient (Wildman–Crippen LogP) is 1.69. The number of benzene rings is 1. The summed E-state index contributed by atoms with van der Waals surface area (Å²) in [6.07, 6.45) is -3.55. The summed E-state index contributed by atoms with van der Waals surface area (Å²) < 4.78 is 65.0. The molecular weight excluding hydrogens is 373 g/mol. The van der Waals surface area contributed by atoms with E-state index in [2.05, 4.69) is 16.6 Å². The molecule has 1 aliphatic heterocycles. The van der Waals surface area contributed by atoms with Crippen LogP contribution in [0.3, 0.4) is 0 Å². The number of carbonyl (C=O) groups is 1. The fraction of sp³-hybridized carbons (Fsp3) is 0.438. The Labute approximate surface area is 149 Å². The van der Waals surface area contributed by atoms with Crippen molar-refractivity contribution in [2.75, 3.05) is 19.6 Å². The summed E-state index contributed by atoms with van der Waals surface area (Å²) in [5.74, 6) is 3.32. The lowest BCUT2D eigenvalue weighted by atomic mass is 10.0. The van der Waals surface area contributed by atoms with E-state index in [4.69, 9.17) is 5.11 Å². The Morgan fingerprint density at radius 1 is 1.31 bits per heavy atom. The molecule has 1 saturated heterocycles. The van der Waals surface area contributed by atoms with Gasteiger partial charge in [0.15, 0.2) is 0 Å². The van der Waals surface area contributed by atoms with Gasteiger partial charge in [0.05, 0.1) is 18.0 Å². The molecule has 142 valence electrons. The van der Waals surface area contributed by atoms with E-state index in [9.17, 15) is 26.4 Å². The Morgan fingerprint density at radius 2 is 1.96 bits per heavy atom. The van der Waals surface area contributed by atoms with Gasteiger partial charge in [-0.25, -0.2) is 0 Å². The summed E-state index contributed by atoms with van der Waals surface area (Å²) in [4.78, 5) is 11.0. The number of nitrogens with zero attached hydrogens (tertiary/aromatic N) is 1. The Bertz CT molecular complexity index is 811. The Hall–Kier alpha value is -2.09. The second-order valence-electron chi connectivity index (χ2n) is 5.74. The smallest absolute Gasteiger partial charge is 0.416 e. The number of alkyl halides is 3. The van der Waals surface area contributed by atoms with Gasteiger partial charge >= 0.3 is 12.1 Å². The lowest BCUT2D eigenvalue weighted by Crippen LogP contribution is -2.47. The van der Waals surface area contributed by atoms with Gasteiger partial charge in [0.25, 0.3) is 10.2 Å². The van der Waals surface area contributed by atoms with Crippen molar-refractivity contribution in [1.29, 1.82) is 0 Å². The van der Waals surface area contributed by atoms with E-state index in [1.807, 2.05) is 0 Å². The monoisotopic (exact) mass is 390 g/mol. The molecule has 0 saturated carbocycles. The minimum atomic E-state index is -4.43. The maximum Gasteiger partial charge on any atom is 0.416 e. The van der Waals surface area contributed by atoms with Gasteiger partial charge in [-0.15, -0.1) is 0 Å². The van der Waals surface area contributed by atoms with E-state index >= 15 is 0 Å². The topological polar surface area (TPSA) is 86.7 Å². The highest BCUT2D eigenvalue weighted by molar-refractivity contribution is 7.87. The summed E-state index contributed by atoms with van der Waals surface area (Å²) in [5, 5.41) is 9.00. The van der Waals surface area contributed by atoms with Gasteiger partial charge in [-0.1, -0.05) is 11.8 Å². The first kappa shape index (κ1) is 20.2. The van der Waals surface area contributed by atoms with Gasteiger partial charge in [0.2, 0.25) is 0 Å². The van der Waals surface area contributed by atoms with Crippen LogP contribution in [0.25, 0.3) is 0 Å². The molecule has 2 N–H and O–H groups in total. The highest BCUT2D eigenvalue weighted by Crippen LogP contribution is 2.28. The first-order chi connectivity index (χ1) is 12.1. The fourth-order valence-electron chi connectivity index (χ4n) is 2.47. The average molecular weight is 390 g/mol. The van der Waals surface area contributed by atoms with Crippen molar-refractivity contribution < 1.29 is 31.5 Å². The van der Waals surface area contributed by atoms with E-state index in [0.29, 0.717) is 18.4 Å². The summed E-state index contributed by atoms with van der Waals surface area (Å²) in [7, 11) is -3.86. The van der Waals surface area contributed by atoms with Crippen LogP contribution in [0.5, 0.6) is 0 Å². The highest BCUT2D eigenvalue weighted by atomic mass is 32.2. The van der Waals surface area contributed by atoms with Crippen molar-refractivity contribution in [1.82, 2.24) is 9.03 Å². The molecule has 1 unspecified atom stereocenters. The first-order valence-electron chi connectivity index (χ1n) is 7.73. The molecule has 0 aromatic heterocycles. The molecule has 6 nitrogen and oxygen atoms in total. The van der Waals surface area contributed by atoms with Crippen LogP contribution < -0.4 is 4.72 Å². The zero-order chi connectivity index (χ0) is 19.4. The SMILES string of the molecule is O=C(O)C1CCCN(S(=O)(=O)NCC#Cc2ccc(C(F)(F)F)cc2)C1. The predicted molar refractivity (Wildman–Crippen MR) is 87.2 cm³/mol. The maximum absolute atomic E-state index is 12.5. The Kier molecular flexibility index (Phi) is 6.28. The Morgan fingerprint density at radius 3 is 2.54 bits per heavy atom. The molecule has 26 heavy (non-hydrogen) atoms. The van der Waals surface area contributed by atoms with Gasteiger partial charge in [0.1, 0.15) is 0 Å². The first-order valence-corrected chi connectivity index (χ1v) is 9.17. The molecule has 1 aromatic carbocycles. The minimum absolute atomic E-state index is 0.100. The van der Waals surface area contributed by atoms with Crippen molar-refractivity contribution in [3.63, 3.8) is 0 Å². The van der Waals surface area contributed by atoms with Crippen LogP contribution in [0.2, 0.25) is 0 Å². The summed E-state index contributed by atoms with van der Waals surface area (Å²) in [6, 6.07) is 4.20. The third-order valence-electron chi connectivity index (χ3n) is 3.86. The van der Waals surface area contributed by atoms with Crippen LogP contribution in [0.15, 0.2) is 24.3 Å². The van der Waals surface area contributed by atoms with Crippen molar-refractivity contribution >= 4 is 16.2 Å². The molecule has 1 heterocycles.